The maximum absolute atomic E-state index is 12.3. The van der Waals surface area contributed by atoms with Crippen LogP contribution in [0.25, 0.3) is 0 Å². The predicted octanol–water partition coefficient (Wildman–Crippen LogP) is 2.27. The van der Waals surface area contributed by atoms with Crippen LogP contribution in [0.1, 0.15) is 17.2 Å². The van der Waals surface area contributed by atoms with Crippen molar-refractivity contribution in [1.29, 1.82) is 0 Å². The highest BCUT2D eigenvalue weighted by molar-refractivity contribution is 5.27. The lowest BCUT2D eigenvalue weighted by Crippen LogP contribution is -2.27. The summed E-state index contributed by atoms with van der Waals surface area (Å²) in [6.07, 6.45) is -4.28. The van der Waals surface area contributed by atoms with E-state index in [1.165, 1.54) is 12.1 Å². The van der Waals surface area contributed by atoms with Crippen LogP contribution in [0.2, 0.25) is 0 Å². The first-order valence-corrected chi connectivity index (χ1v) is 4.90. The lowest BCUT2D eigenvalue weighted by molar-refractivity contribution is -0.137. The Kier molecular flexibility index (Phi) is 3.93. The van der Waals surface area contributed by atoms with E-state index in [9.17, 15) is 13.2 Å². The quantitative estimate of drug-likeness (QED) is 0.866. The molecule has 0 bridgehead atoms. The van der Waals surface area contributed by atoms with Crippen LogP contribution in [0.5, 0.6) is 0 Å². The summed E-state index contributed by atoms with van der Waals surface area (Å²) in [7, 11) is 3.68. The number of likely N-dealkylation sites (N-methyl/N-ethyl adjacent to an activating group) is 1. The number of nitrogens with zero attached hydrogens (tertiary/aromatic N) is 1. The molecule has 0 spiro atoms. The van der Waals surface area contributed by atoms with E-state index in [-0.39, 0.29) is 6.04 Å². The third kappa shape index (κ3) is 2.96. The third-order valence-corrected chi connectivity index (χ3v) is 2.47. The van der Waals surface area contributed by atoms with E-state index >= 15 is 0 Å². The Hall–Kier alpha value is -1.07. The molecule has 0 saturated heterocycles. The van der Waals surface area contributed by atoms with Crippen molar-refractivity contribution in [3.05, 3.63) is 35.4 Å². The first-order valence-electron chi connectivity index (χ1n) is 4.90. The molecule has 1 rings (SSSR count). The monoisotopic (exact) mass is 232 g/mol. The van der Waals surface area contributed by atoms with E-state index in [0.717, 1.165) is 17.7 Å². The maximum atomic E-state index is 12.3. The van der Waals surface area contributed by atoms with Crippen LogP contribution in [0.3, 0.4) is 0 Å². The van der Waals surface area contributed by atoms with Gasteiger partial charge >= 0.3 is 6.18 Å². The van der Waals surface area contributed by atoms with Crippen LogP contribution in [0.4, 0.5) is 13.2 Å². The number of benzene rings is 1. The fraction of sp³-hybridized carbons (Fsp3) is 0.455. The molecule has 0 fully saturated rings. The molecule has 0 saturated carbocycles. The highest BCUT2D eigenvalue weighted by Crippen LogP contribution is 2.30. The molecule has 0 radical (unpaired) electrons. The molecular weight excluding hydrogens is 217 g/mol. The number of hydrogen-bond acceptors (Lipinski definition) is 2. The number of rotatable bonds is 3. The molecule has 0 aromatic heterocycles. The Morgan fingerprint density at radius 2 is 1.69 bits per heavy atom. The molecule has 16 heavy (non-hydrogen) atoms. The van der Waals surface area contributed by atoms with Crippen LogP contribution in [0, 0.1) is 0 Å². The topological polar surface area (TPSA) is 29.3 Å². The molecule has 90 valence electrons. The Bertz CT molecular complexity index is 330. The number of halogens is 3. The summed E-state index contributed by atoms with van der Waals surface area (Å²) in [5.74, 6) is 0. The Labute approximate surface area is 92.9 Å². The van der Waals surface area contributed by atoms with Crippen LogP contribution in [0.15, 0.2) is 24.3 Å². The lowest BCUT2D eigenvalue weighted by Gasteiger charge is -2.23. The maximum Gasteiger partial charge on any atom is 0.416 e. The second-order valence-corrected chi connectivity index (χ2v) is 3.83. The standard InChI is InChI=1S/C11H15F3N2/c1-16(2)10(7-15)8-3-5-9(6-4-8)11(12,13)14/h3-6,10H,7,15H2,1-2H3/t10-/m1/s1. The number of alkyl halides is 3. The van der Waals surface area contributed by atoms with Crippen molar-refractivity contribution in [3.8, 4) is 0 Å². The van der Waals surface area contributed by atoms with E-state index < -0.39 is 11.7 Å². The average molecular weight is 232 g/mol. The molecule has 1 aromatic carbocycles. The largest absolute Gasteiger partial charge is 0.416 e. The highest BCUT2D eigenvalue weighted by atomic mass is 19.4. The smallest absolute Gasteiger partial charge is 0.329 e. The second-order valence-electron chi connectivity index (χ2n) is 3.83. The normalized spacial score (nSPS) is 14.2. The van der Waals surface area contributed by atoms with Crippen LogP contribution < -0.4 is 5.73 Å². The molecule has 1 atom stereocenters. The fourth-order valence-electron chi connectivity index (χ4n) is 1.54. The Morgan fingerprint density at radius 3 is 2.00 bits per heavy atom. The summed E-state index contributed by atoms with van der Waals surface area (Å²) in [4.78, 5) is 1.88. The zero-order valence-electron chi connectivity index (χ0n) is 9.25. The minimum absolute atomic E-state index is 0.0534. The summed E-state index contributed by atoms with van der Waals surface area (Å²) in [5.41, 5.74) is 5.72. The van der Waals surface area contributed by atoms with Gasteiger partial charge in [0.15, 0.2) is 0 Å². The zero-order valence-corrected chi connectivity index (χ0v) is 9.25. The summed E-state index contributed by atoms with van der Waals surface area (Å²) < 4.78 is 37.0. The Balaban J connectivity index is 2.94. The van der Waals surface area contributed by atoms with Gasteiger partial charge in [-0.15, -0.1) is 0 Å². The average Bonchev–Trinajstić information content (AvgIpc) is 2.17. The summed E-state index contributed by atoms with van der Waals surface area (Å²) in [6.45, 7) is 0.373. The highest BCUT2D eigenvalue weighted by Gasteiger charge is 2.30. The summed E-state index contributed by atoms with van der Waals surface area (Å²) >= 11 is 0. The summed E-state index contributed by atoms with van der Waals surface area (Å²) in [5, 5.41) is 0. The molecule has 0 unspecified atom stereocenters. The van der Waals surface area contributed by atoms with Gasteiger partial charge in [0.25, 0.3) is 0 Å². The van der Waals surface area contributed by atoms with E-state index in [1.807, 2.05) is 19.0 Å². The van der Waals surface area contributed by atoms with Crippen LogP contribution in [-0.4, -0.2) is 25.5 Å². The predicted molar refractivity (Wildman–Crippen MR) is 56.9 cm³/mol. The van der Waals surface area contributed by atoms with Crippen LogP contribution in [-0.2, 0) is 6.18 Å². The van der Waals surface area contributed by atoms with Gasteiger partial charge in [0.2, 0.25) is 0 Å². The third-order valence-electron chi connectivity index (χ3n) is 2.47. The van der Waals surface area contributed by atoms with Gasteiger partial charge in [0.1, 0.15) is 0 Å². The molecule has 5 heteroatoms. The van der Waals surface area contributed by atoms with Gasteiger partial charge < -0.3 is 10.6 Å². The van der Waals surface area contributed by atoms with Crippen molar-refractivity contribution >= 4 is 0 Å². The SMILES string of the molecule is CN(C)[C@H](CN)c1ccc(C(F)(F)F)cc1. The van der Waals surface area contributed by atoms with E-state index in [1.54, 1.807) is 0 Å². The molecule has 0 aliphatic rings. The lowest BCUT2D eigenvalue weighted by atomic mass is 10.0. The minimum Gasteiger partial charge on any atom is -0.329 e. The van der Waals surface area contributed by atoms with Gasteiger partial charge in [0.05, 0.1) is 5.56 Å². The molecule has 2 N–H and O–H groups in total. The van der Waals surface area contributed by atoms with E-state index in [4.69, 9.17) is 5.73 Å². The van der Waals surface area contributed by atoms with Gasteiger partial charge in [-0.3, -0.25) is 0 Å². The van der Waals surface area contributed by atoms with Gasteiger partial charge in [0, 0.05) is 12.6 Å². The van der Waals surface area contributed by atoms with Gasteiger partial charge in [-0.05, 0) is 31.8 Å². The zero-order chi connectivity index (χ0) is 12.3. The summed E-state index contributed by atoms with van der Waals surface area (Å²) in [6, 6.07) is 5.06. The molecule has 0 aliphatic heterocycles. The first-order chi connectivity index (χ1) is 7.36. The molecule has 1 aromatic rings. The van der Waals surface area contributed by atoms with Gasteiger partial charge in [-0.2, -0.15) is 13.2 Å². The molecule has 2 nitrogen and oxygen atoms in total. The number of nitrogens with two attached hydrogens (primary N) is 1. The molecule has 0 heterocycles. The first kappa shape index (κ1) is 13.0. The van der Waals surface area contributed by atoms with Crippen molar-refractivity contribution in [1.82, 2.24) is 4.90 Å². The van der Waals surface area contributed by atoms with Gasteiger partial charge in [-0.1, -0.05) is 12.1 Å². The van der Waals surface area contributed by atoms with Crippen molar-refractivity contribution in [2.24, 2.45) is 5.73 Å². The van der Waals surface area contributed by atoms with Crippen molar-refractivity contribution in [2.75, 3.05) is 20.6 Å². The Morgan fingerprint density at radius 1 is 1.19 bits per heavy atom. The minimum atomic E-state index is -4.28. The van der Waals surface area contributed by atoms with Crippen molar-refractivity contribution in [3.63, 3.8) is 0 Å². The molecular formula is C11H15F3N2. The molecule has 0 aliphatic carbocycles. The van der Waals surface area contributed by atoms with E-state index in [2.05, 4.69) is 0 Å². The van der Waals surface area contributed by atoms with Crippen molar-refractivity contribution < 1.29 is 13.2 Å². The molecule has 0 amide bonds. The van der Waals surface area contributed by atoms with Crippen LogP contribution >= 0.6 is 0 Å². The van der Waals surface area contributed by atoms with E-state index in [0.29, 0.717) is 6.54 Å². The van der Waals surface area contributed by atoms with Crippen molar-refractivity contribution in [2.45, 2.75) is 12.2 Å². The second kappa shape index (κ2) is 4.84. The van der Waals surface area contributed by atoms with Gasteiger partial charge in [-0.25, -0.2) is 0 Å². The fourth-order valence-corrected chi connectivity index (χ4v) is 1.54. The number of hydrogen-bond donors (Lipinski definition) is 1.